The number of hydrogen-bond acceptors (Lipinski definition) is 11. The van der Waals surface area contributed by atoms with Gasteiger partial charge in [0.1, 0.15) is 42.8 Å². The Hall–Kier alpha value is -8.60. The molecule has 2 aromatic heterocycles. The number of carboxylic acid groups (broad SMARTS) is 2. The van der Waals surface area contributed by atoms with E-state index in [0.29, 0.717) is 44.9 Å². The highest BCUT2D eigenvalue weighted by Crippen LogP contribution is 2.22. The number of nitrogens with two attached hydrogens (primary N) is 1. The van der Waals surface area contributed by atoms with Crippen molar-refractivity contribution in [2.45, 2.75) is 89.1 Å². The number of fused-ring (bicyclic) bond motifs is 2. The van der Waals surface area contributed by atoms with E-state index in [4.69, 9.17) is 10.8 Å². The molecule has 7 atom stereocenters. The van der Waals surface area contributed by atoms with Crippen molar-refractivity contribution in [1.82, 2.24) is 52.5 Å². The van der Waals surface area contributed by atoms with Crippen LogP contribution in [0.5, 0.6) is 0 Å². The fourth-order valence-corrected chi connectivity index (χ4v) is 7.87. The smallest absolute Gasteiger partial charge is 0.322 e. The number of aromatic amines is 2. The first-order valence-electron chi connectivity index (χ1n) is 23.5. The molecule has 23 heteroatoms. The molecule has 0 aliphatic heterocycles. The van der Waals surface area contributed by atoms with E-state index in [1.807, 2.05) is 6.92 Å². The summed E-state index contributed by atoms with van der Waals surface area (Å²) in [6, 6.07) is 14.6. The highest BCUT2D eigenvalue weighted by atomic mass is 16.4. The Bertz CT molecular complexity index is 2790. The molecule has 0 bridgehead atoms. The first-order valence-corrected chi connectivity index (χ1v) is 23.5. The fourth-order valence-electron chi connectivity index (χ4n) is 7.87. The number of H-pyrrole nitrogens is 2. The van der Waals surface area contributed by atoms with E-state index in [9.17, 15) is 53.1 Å². The Morgan fingerprint density at radius 2 is 1.01 bits per heavy atom. The van der Waals surface area contributed by atoms with Crippen LogP contribution in [0.2, 0.25) is 0 Å². The molecule has 0 unspecified atom stereocenters. The monoisotopic (exact) mass is 1010 g/mol. The van der Waals surface area contributed by atoms with Crippen LogP contribution >= 0.6 is 0 Å². The van der Waals surface area contributed by atoms with E-state index >= 15 is 0 Å². The van der Waals surface area contributed by atoms with E-state index in [0.717, 1.165) is 0 Å². The van der Waals surface area contributed by atoms with Crippen LogP contribution in [0, 0.1) is 5.92 Å². The van der Waals surface area contributed by atoms with Crippen molar-refractivity contribution in [2.24, 2.45) is 11.7 Å². The van der Waals surface area contributed by atoms with E-state index in [1.165, 1.54) is 6.92 Å². The maximum Gasteiger partial charge on any atom is 0.322 e. The molecule has 0 fully saturated rings. The minimum absolute atomic E-state index is 0.0910. The molecule has 5 aromatic rings. The van der Waals surface area contributed by atoms with Gasteiger partial charge in [-0.2, -0.15) is 0 Å². The summed E-state index contributed by atoms with van der Waals surface area (Å²) < 4.78 is 0. The standard InChI is InChI=1S/C50H61N11O12/c1-4-27(2)44(61-40(62)22-51)50(73)56-28(3)45(68)54-25-41(63)57-36(18-29-12-6-5-7-13-29)47(70)58-37(19-30-23-52-34-16-10-8-14-32(30)34)48(71)59-38(20-31-24-53-35-17-11-9-15-33(31)35)49(72)60-39(21-42(64)65)46(69)55-26-43(66)67/h5-17,23-24,27-28,36-39,44,52-53H,4,18-22,25-26,51H2,1-3H3,(H,54,68)(H,55,69)(H,56,73)(H,57,63)(H,58,70)(H,59,71)(H,60,72)(H,61,62)(H,64,65)(H,66,67)/t27-,28-,36-,37-,38-,39-,44-/m0/s1. The lowest BCUT2D eigenvalue weighted by molar-refractivity contribution is -0.141. The molecule has 14 N–H and O–H groups in total. The predicted molar refractivity (Wildman–Crippen MR) is 266 cm³/mol. The van der Waals surface area contributed by atoms with Gasteiger partial charge >= 0.3 is 11.9 Å². The maximum absolute atomic E-state index is 14.8. The molecule has 0 aliphatic rings. The summed E-state index contributed by atoms with van der Waals surface area (Å²) in [4.78, 5) is 138. The fraction of sp³-hybridized carbons (Fsp3) is 0.360. The van der Waals surface area contributed by atoms with Crippen molar-refractivity contribution >= 4 is 81.0 Å². The summed E-state index contributed by atoms with van der Waals surface area (Å²) in [5.41, 5.74) is 8.56. The number of amides is 8. The minimum Gasteiger partial charge on any atom is -0.481 e. The molecule has 0 spiro atoms. The predicted octanol–water partition coefficient (Wildman–Crippen LogP) is -0.598. The third kappa shape index (κ3) is 16.2. The van der Waals surface area contributed by atoms with E-state index in [-0.39, 0.29) is 31.7 Å². The van der Waals surface area contributed by atoms with Gasteiger partial charge in [-0.05, 0) is 41.7 Å². The Balaban J connectivity index is 1.41. The zero-order valence-electron chi connectivity index (χ0n) is 40.4. The lowest BCUT2D eigenvalue weighted by Crippen LogP contribution is -2.60. The Morgan fingerprint density at radius 3 is 1.52 bits per heavy atom. The number of aromatic nitrogens is 2. The van der Waals surface area contributed by atoms with Crippen LogP contribution in [-0.4, -0.2) is 135 Å². The molecule has 3 aromatic carbocycles. The highest BCUT2D eigenvalue weighted by Gasteiger charge is 2.34. The first kappa shape index (κ1) is 55.3. The summed E-state index contributed by atoms with van der Waals surface area (Å²) in [7, 11) is 0. The number of rotatable bonds is 27. The molecule has 0 saturated heterocycles. The van der Waals surface area contributed by atoms with E-state index < -0.39 is 115 Å². The lowest BCUT2D eigenvalue weighted by atomic mass is 9.98. The first-order chi connectivity index (χ1) is 34.9. The summed E-state index contributed by atoms with van der Waals surface area (Å²) >= 11 is 0. The summed E-state index contributed by atoms with van der Waals surface area (Å²) in [5.74, 6) is -9.83. The number of aliphatic carboxylic acids is 2. The van der Waals surface area contributed by atoms with Crippen molar-refractivity contribution in [3.63, 3.8) is 0 Å². The molecule has 0 saturated carbocycles. The number of carbonyl (C=O) groups is 10. The van der Waals surface area contributed by atoms with Gasteiger partial charge in [0.05, 0.1) is 19.5 Å². The quantitative estimate of drug-likeness (QED) is 0.0313. The third-order valence-corrected chi connectivity index (χ3v) is 12.0. The molecular formula is C50H61N11O12. The van der Waals surface area contributed by atoms with Gasteiger partial charge in [0, 0.05) is 53.5 Å². The topological polar surface area (TPSA) is 365 Å². The normalized spacial score (nSPS) is 13.9. The van der Waals surface area contributed by atoms with Gasteiger partial charge in [-0.1, -0.05) is 87.0 Å². The van der Waals surface area contributed by atoms with Crippen molar-refractivity contribution in [3.05, 3.63) is 108 Å². The largest absolute Gasteiger partial charge is 0.481 e. The molecule has 5 rings (SSSR count). The van der Waals surface area contributed by atoms with E-state index in [2.05, 4.69) is 52.5 Å². The van der Waals surface area contributed by atoms with Crippen LogP contribution in [0.25, 0.3) is 21.8 Å². The molecule has 2 heterocycles. The van der Waals surface area contributed by atoms with Gasteiger partial charge in [-0.25, -0.2) is 0 Å². The molecule has 23 nitrogen and oxygen atoms in total. The van der Waals surface area contributed by atoms with E-state index in [1.54, 1.807) is 98.2 Å². The second kappa shape index (κ2) is 26.6. The highest BCUT2D eigenvalue weighted by molar-refractivity contribution is 5.99. The second-order valence-electron chi connectivity index (χ2n) is 17.4. The van der Waals surface area contributed by atoms with Crippen LogP contribution in [0.3, 0.4) is 0 Å². The summed E-state index contributed by atoms with van der Waals surface area (Å²) in [6.45, 7) is 3.10. The van der Waals surface area contributed by atoms with Crippen LogP contribution in [0.15, 0.2) is 91.3 Å². The average Bonchev–Trinajstić information content (AvgIpc) is 3.98. The SMILES string of the molecule is CC[C@H](C)[C@H](NC(=O)CN)C(=O)N[C@@H](C)C(=O)NCC(=O)N[C@@H](Cc1ccccc1)C(=O)N[C@@H](Cc1c[nH]c2ccccc12)C(=O)N[C@@H](Cc1c[nH]c2ccccc12)C(=O)N[C@@H](CC(=O)O)C(=O)NCC(=O)O. The average molecular weight is 1010 g/mol. The van der Waals surface area contributed by atoms with Crippen LogP contribution in [0.4, 0.5) is 0 Å². The van der Waals surface area contributed by atoms with Gasteiger partial charge in [-0.15, -0.1) is 0 Å². The molecule has 388 valence electrons. The summed E-state index contributed by atoms with van der Waals surface area (Å²) in [6.07, 6.45) is 2.38. The number of carboxylic acids is 2. The number of carbonyl (C=O) groups excluding carboxylic acids is 8. The van der Waals surface area contributed by atoms with Gasteiger partial charge in [-0.3, -0.25) is 47.9 Å². The Kier molecular flexibility index (Phi) is 20.1. The van der Waals surface area contributed by atoms with Gasteiger partial charge in [0.15, 0.2) is 0 Å². The van der Waals surface area contributed by atoms with Gasteiger partial charge in [0.25, 0.3) is 0 Å². The summed E-state index contributed by atoms with van der Waals surface area (Å²) in [5, 5.41) is 40.2. The lowest BCUT2D eigenvalue weighted by Gasteiger charge is -2.26. The van der Waals surface area contributed by atoms with Crippen molar-refractivity contribution in [2.75, 3.05) is 19.6 Å². The maximum atomic E-state index is 14.8. The van der Waals surface area contributed by atoms with Crippen LogP contribution in [-0.2, 0) is 67.2 Å². The number of hydrogen-bond donors (Lipinski definition) is 13. The molecular weight excluding hydrogens is 947 g/mol. The molecule has 8 amide bonds. The number of nitrogens with one attached hydrogen (secondary N) is 10. The molecule has 0 aliphatic carbocycles. The van der Waals surface area contributed by atoms with Gasteiger partial charge < -0.3 is 68.4 Å². The Morgan fingerprint density at radius 1 is 0.521 bits per heavy atom. The minimum atomic E-state index is -1.76. The second-order valence-corrected chi connectivity index (χ2v) is 17.4. The van der Waals surface area contributed by atoms with Crippen molar-refractivity contribution in [1.29, 1.82) is 0 Å². The molecule has 73 heavy (non-hydrogen) atoms. The zero-order chi connectivity index (χ0) is 53.2. The Labute approximate surface area is 418 Å². The van der Waals surface area contributed by atoms with Crippen LogP contribution < -0.4 is 48.3 Å². The van der Waals surface area contributed by atoms with Crippen LogP contribution in [0.1, 0.15) is 50.3 Å². The zero-order valence-corrected chi connectivity index (χ0v) is 40.4. The van der Waals surface area contributed by atoms with Gasteiger partial charge in [0.2, 0.25) is 47.3 Å². The van der Waals surface area contributed by atoms with Crippen molar-refractivity contribution in [3.8, 4) is 0 Å². The number of para-hydroxylation sites is 2. The third-order valence-electron chi connectivity index (χ3n) is 12.0. The molecule has 0 radical (unpaired) electrons. The number of benzene rings is 3. The van der Waals surface area contributed by atoms with Crippen molar-refractivity contribution < 1.29 is 58.2 Å².